The minimum atomic E-state index is -0.396. The van der Waals surface area contributed by atoms with Crippen molar-refractivity contribution in [3.05, 3.63) is 54.1 Å². The molecule has 1 saturated carbocycles. The molecule has 4 rings (SSSR count). The molecule has 3 amide bonds. The first-order valence-electron chi connectivity index (χ1n) is 13.9. The zero-order valence-electron chi connectivity index (χ0n) is 22.9. The Balaban J connectivity index is 1.53. The maximum absolute atomic E-state index is 13.7. The molecule has 0 spiro atoms. The highest BCUT2D eigenvalue weighted by Gasteiger charge is 2.34. The zero-order valence-corrected chi connectivity index (χ0v) is 22.9. The van der Waals surface area contributed by atoms with Crippen LogP contribution in [0.3, 0.4) is 0 Å². The summed E-state index contributed by atoms with van der Waals surface area (Å²) in [6.07, 6.45) is 6.44. The van der Waals surface area contributed by atoms with Crippen molar-refractivity contribution in [3.8, 4) is 5.75 Å². The molecule has 2 aliphatic rings. The molecule has 2 aromatic carbocycles. The van der Waals surface area contributed by atoms with E-state index in [1.165, 1.54) is 32.1 Å². The van der Waals surface area contributed by atoms with Crippen molar-refractivity contribution >= 4 is 23.3 Å². The first-order valence-corrected chi connectivity index (χ1v) is 13.9. The Morgan fingerprint density at radius 2 is 1.79 bits per heavy atom. The molecule has 1 fully saturated rings. The number of aliphatic hydroxyl groups is 1. The van der Waals surface area contributed by atoms with Gasteiger partial charge in [-0.25, -0.2) is 4.79 Å². The van der Waals surface area contributed by atoms with Gasteiger partial charge in [0, 0.05) is 36.9 Å². The minimum absolute atomic E-state index is 0.0735. The van der Waals surface area contributed by atoms with Gasteiger partial charge in [0.25, 0.3) is 5.91 Å². The van der Waals surface area contributed by atoms with Gasteiger partial charge >= 0.3 is 6.03 Å². The number of likely N-dealkylation sites (N-methyl/N-ethyl adjacent to an activating group) is 1. The van der Waals surface area contributed by atoms with E-state index in [1.807, 2.05) is 25.1 Å². The van der Waals surface area contributed by atoms with Gasteiger partial charge in [-0.3, -0.25) is 4.79 Å². The number of hydrogen-bond acceptors (Lipinski definition) is 5. The van der Waals surface area contributed by atoms with Gasteiger partial charge in [0.1, 0.15) is 11.9 Å². The third-order valence-electron chi connectivity index (χ3n) is 7.74. The van der Waals surface area contributed by atoms with Crippen LogP contribution in [0.5, 0.6) is 5.75 Å². The van der Waals surface area contributed by atoms with E-state index < -0.39 is 6.03 Å². The number of nitrogens with zero attached hydrogens (tertiary/aromatic N) is 2. The fraction of sp³-hybridized carbons (Fsp3) is 0.533. The van der Waals surface area contributed by atoms with E-state index in [1.54, 1.807) is 35.2 Å². The molecular formula is C30H42N4O4. The molecule has 2 aromatic rings. The van der Waals surface area contributed by atoms with E-state index in [2.05, 4.69) is 29.5 Å². The highest BCUT2D eigenvalue weighted by Crippen LogP contribution is 2.31. The Kier molecular flexibility index (Phi) is 9.63. The third kappa shape index (κ3) is 7.26. The molecule has 0 radical (unpaired) electrons. The lowest BCUT2D eigenvalue weighted by Crippen LogP contribution is -2.50. The lowest BCUT2D eigenvalue weighted by molar-refractivity contribution is 0.0330. The molecule has 38 heavy (non-hydrogen) atoms. The van der Waals surface area contributed by atoms with Crippen LogP contribution in [0.4, 0.5) is 16.2 Å². The van der Waals surface area contributed by atoms with Gasteiger partial charge in [-0.2, -0.15) is 0 Å². The maximum Gasteiger partial charge on any atom is 0.323 e. The number of hydrogen-bond donors (Lipinski definition) is 3. The van der Waals surface area contributed by atoms with E-state index in [0.717, 1.165) is 19.0 Å². The lowest BCUT2D eigenvalue weighted by atomic mass is 9.89. The summed E-state index contributed by atoms with van der Waals surface area (Å²) in [6.45, 7) is 6.12. The monoisotopic (exact) mass is 522 g/mol. The van der Waals surface area contributed by atoms with Crippen LogP contribution in [-0.2, 0) is 0 Å². The predicted octanol–water partition coefficient (Wildman–Crippen LogP) is 5.06. The normalized spacial score (nSPS) is 21.2. The van der Waals surface area contributed by atoms with E-state index >= 15 is 0 Å². The van der Waals surface area contributed by atoms with Crippen LogP contribution >= 0.6 is 0 Å². The number of carbonyl (C=O) groups is 2. The molecule has 0 unspecified atom stereocenters. The van der Waals surface area contributed by atoms with Crippen LogP contribution in [-0.4, -0.2) is 72.3 Å². The first kappa shape index (κ1) is 27.9. The van der Waals surface area contributed by atoms with Crippen molar-refractivity contribution in [2.45, 2.75) is 58.1 Å². The van der Waals surface area contributed by atoms with Gasteiger partial charge < -0.3 is 30.3 Å². The van der Waals surface area contributed by atoms with Crippen molar-refractivity contribution in [2.24, 2.45) is 11.8 Å². The van der Waals surface area contributed by atoms with Gasteiger partial charge in [-0.1, -0.05) is 44.4 Å². The molecule has 1 aliphatic heterocycles. The van der Waals surface area contributed by atoms with Crippen LogP contribution in [0.15, 0.2) is 48.5 Å². The topological polar surface area (TPSA) is 94.1 Å². The highest BCUT2D eigenvalue weighted by atomic mass is 16.5. The molecule has 3 N–H and O–H groups in total. The van der Waals surface area contributed by atoms with Gasteiger partial charge in [0.2, 0.25) is 0 Å². The lowest BCUT2D eigenvalue weighted by Gasteiger charge is -2.38. The standard InChI is InChI=1S/C30H42N4O4/c1-21-17-34(22(2)20-35)29(36)26-16-25(32-30(37)31-24-12-8-5-9-13-24)14-15-27(26)38-28(21)19-33(3)18-23-10-6-4-7-11-23/h5,8-9,12-16,21-23,28,35H,4,6-7,10-11,17-20H2,1-3H3,(H2,31,32,37)/t21-,22-,28+/m1/s1. The van der Waals surface area contributed by atoms with Crippen LogP contribution in [0.1, 0.15) is 56.3 Å². The Bertz CT molecular complexity index is 1070. The second kappa shape index (κ2) is 13.1. The zero-order chi connectivity index (χ0) is 27.1. The molecule has 3 atom stereocenters. The summed E-state index contributed by atoms with van der Waals surface area (Å²) in [6, 6.07) is 13.6. The van der Waals surface area contributed by atoms with Gasteiger partial charge in [-0.05, 0) is 63.1 Å². The number of fused-ring (bicyclic) bond motifs is 1. The predicted molar refractivity (Wildman–Crippen MR) is 151 cm³/mol. The Morgan fingerprint density at radius 1 is 1.08 bits per heavy atom. The second-order valence-electron chi connectivity index (χ2n) is 11.0. The van der Waals surface area contributed by atoms with Crippen molar-refractivity contribution in [1.82, 2.24) is 9.80 Å². The van der Waals surface area contributed by atoms with Crippen LogP contribution in [0.25, 0.3) is 0 Å². The molecule has 0 saturated heterocycles. The Hall–Kier alpha value is -3.10. The van der Waals surface area contributed by atoms with Crippen LogP contribution in [0, 0.1) is 11.8 Å². The fourth-order valence-electron chi connectivity index (χ4n) is 5.53. The molecule has 1 aliphatic carbocycles. The number of ether oxygens (including phenoxy) is 1. The number of benzene rings is 2. The molecule has 1 heterocycles. The third-order valence-corrected chi connectivity index (χ3v) is 7.74. The Morgan fingerprint density at radius 3 is 2.50 bits per heavy atom. The summed E-state index contributed by atoms with van der Waals surface area (Å²) in [7, 11) is 2.15. The van der Waals surface area contributed by atoms with E-state index in [9.17, 15) is 14.7 Å². The Labute approximate surface area is 226 Å². The average Bonchev–Trinajstić information content (AvgIpc) is 2.91. The molecule has 206 valence electrons. The highest BCUT2D eigenvalue weighted by molar-refractivity contribution is 6.02. The summed E-state index contributed by atoms with van der Waals surface area (Å²) >= 11 is 0. The number of urea groups is 1. The van der Waals surface area contributed by atoms with E-state index in [4.69, 9.17) is 4.74 Å². The SMILES string of the molecule is C[C@@H]1CN([C@H](C)CO)C(=O)c2cc(NC(=O)Nc3ccccc3)ccc2O[C@H]1CN(C)CC1CCCCC1. The van der Waals surface area contributed by atoms with Crippen LogP contribution < -0.4 is 15.4 Å². The van der Waals surface area contributed by atoms with Crippen molar-refractivity contribution < 1.29 is 19.4 Å². The van der Waals surface area contributed by atoms with E-state index in [-0.39, 0.29) is 30.6 Å². The number of aliphatic hydroxyl groups excluding tert-OH is 1. The quantitative estimate of drug-likeness (QED) is 0.450. The first-order chi connectivity index (χ1) is 18.3. The van der Waals surface area contributed by atoms with E-state index in [0.29, 0.717) is 29.2 Å². The summed E-state index contributed by atoms with van der Waals surface area (Å²) in [5, 5.41) is 15.5. The van der Waals surface area contributed by atoms with Crippen molar-refractivity contribution in [3.63, 3.8) is 0 Å². The second-order valence-corrected chi connectivity index (χ2v) is 11.0. The summed E-state index contributed by atoms with van der Waals surface area (Å²) in [5.41, 5.74) is 1.55. The maximum atomic E-state index is 13.7. The van der Waals surface area contributed by atoms with Crippen molar-refractivity contribution in [2.75, 3.05) is 43.9 Å². The minimum Gasteiger partial charge on any atom is -0.488 e. The molecule has 0 bridgehead atoms. The number of nitrogens with one attached hydrogen (secondary N) is 2. The number of amides is 3. The number of anilines is 2. The molecule has 0 aromatic heterocycles. The van der Waals surface area contributed by atoms with Gasteiger partial charge in [-0.15, -0.1) is 0 Å². The molecular weight excluding hydrogens is 480 g/mol. The molecule has 8 nitrogen and oxygen atoms in total. The largest absolute Gasteiger partial charge is 0.488 e. The summed E-state index contributed by atoms with van der Waals surface area (Å²) < 4.78 is 6.52. The number of para-hydroxylation sites is 1. The summed E-state index contributed by atoms with van der Waals surface area (Å²) in [5.74, 6) is 1.09. The number of carbonyl (C=O) groups excluding carboxylic acids is 2. The molecule has 8 heteroatoms. The van der Waals surface area contributed by atoms with Crippen molar-refractivity contribution in [1.29, 1.82) is 0 Å². The number of rotatable bonds is 8. The van der Waals surface area contributed by atoms with Gasteiger partial charge in [0.15, 0.2) is 0 Å². The average molecular weight is 523 g/mol. The van der Waals surface area contributed by atoms with Gasteiger partial charge in [0.05, 0.1) is 18.2 Å². The summed E-state index contributed by atoms with van der Waals surface area (Å²) in [4.78, 5) is 30.3. The smallest absolute Gasteiger partial charge is 0.323 e. The fourth-order valence-corrected chi connectivity index (χ4v) is 5.53. The van der Waals surface area contributed by atoms with Crippen LogP contribution in [0.2, 0.25) is 0 Å².